The van der Waals surface area contributed by atoms with E-state index in [1.807, 2.05) is 16.7 Å². The van der Waals surface area contributed by atoms with Crippen molar-refractivity contribution in [3.05, 3.63) is 12.7 Å². The molecule has 6 fully saturated rings. The van der Waals surface area contributed by atoms with Gasteiger partial charge in [0.25, 0.3) is 0 Å². The summed E-state index contributed by atoms with van der Waals surface area (Å²) >= 11 is 0. The van der Waals surface area contributed by atoms with Gasteiger partial charge in [-0.05, 0) is 51.6 Å². The molecule has 11 unspecified atom stereocenters. The third-order valence-electron chi connectivity index (χ3n) is 10.5. The largest absolute Gasteiger partial charge is 0.376 e. The number of halogens is 1. The van der Waals surface area contributed by atoms with Crippen molar-refractivity contribution < 1.29 is 18.7 Å². The van der Waals surface area contributed by atoms with Gasteiger partial charge in [-0.15, -0.1) is 0 Å². The van der Waals surface area contributed by atoms with E-state index in [-0.39, 0.29) is 72.4 Å². The Kier molecular flexibility index (Phi) is 8.80. The Labute approximate surface area is 249 Å². The van der Waals surface area contributed by atoms with Crippen LogP contribution < -0.4 is 26.9 Å². The van der Waals surface area contributed by atoms with E-state index in [9.17, 15) is 9.59 Å². The zero-order chi connectivity index (χ0) is 29.7. The standard InChI is InChI=1S/C29H50FN9O3/c1-6-23(40)36-14-18(5)37(15-17(36)4)27-19-12-20(30)25-21-13-32-35-38(21)10-7-11-42-22-8-9-31-24(16(2)3)26(22)39(28(19)33-25)29(41)34-27/h6,16-22,24-28,31-33,35H,1,7-15H2,2-5H3,(H,34,41). The highest BCUT2D eigenvalue weighted by molar-refractivity contribution is 5.87. The number of alkyl halides is 1. The van der Waals surface area contributed by atoms with Gasteiger partial charge in [0.15, 0.2) is 0 Å². The molecule has 236 valence electrons. The van der Waals surface area contributed by atoms with Crippen molar-refractivity contribution in [2.75, 3.05) is 39.3 Å². The van der Waals surface area contributed by atoms with Crippen molar-refractivity contribution in [3.63, 3.8) is 0 Å². The van der Waals surface area contributed by atoms with Crippen LogP contribution in [0, 0.1) is 11.8 Å². The number of hydrogen-bond acceptors (Lipinski definition) is 9. The minimum Gasteiger partial charge on any atom is -0.376 e. The molecule has 12 nitrogen and oxygen atoms in total. The molecule has 0 aromatic carbocycles. The number of urea groups is 1. The summed E-state index contributed by atoms with van der Waals surface area (Å²) in [5.41, 5.74) is 6.45. The minimum atomic E-state index is -1.09. The Balaban J connectivity index is 1.37. The summed E-state index contributed by atoms with van der Waals surface area (Å²) in [6.45, 7) is 16.1. The smallest absolute Gasteiger partial charge is 0.320 e. The predicted octanol–water partition coefficient (Wildman–Crippen LogP) is -0.0440. The zero-order valence-corrected chi connectivity index (χ0v) is 25.5. The number of ether oxygens (including phenoxy) is 1. The molecule has 5 N–H and O–H groups in total. The number of hydrazine groups is 2. The number of carbonyl (C=O) groups is 2. The van der Waals surface area contributed by atoms with E-state index in [2.05, 4.69) is 64.2 Å². The van der Waals surface area contributed by atoms with Crippen molar-refractivity contribution in [1.29, 1.82) is 0 Å². The average molecular weight is 592 g/mol. The van der Waals surface area contributed by atoms with Gasteiger partial charge in [-0.2, -0.15) is 5.53 Å². The summed E-state index contributed by atoms with van der Waals surface area (Å²) in [5, 5.41) is 12.9. The van der Waals surface area contributed by atoms with Gasteiger partial charge >= 0.3 is 6.03 Å². The third kappa shape index (κ3) is 5.35. The Morgan fingerprint density at radius 3 is 2.76 bits per heavy atom. The molecule has 6 saturated heterocycles. The highest BCUT2D eigenvalue weighted by Crippen LogP contribution is 2.39. The second-order valence-corrected chi connectivity index (χ2v) is 13.5. The van der Waals surface area contributed by atoms with Crippen LogP contribution in [0.3, 0.4) is 0 Å². The van der Waals surface area contributed by atoms with Gasteiger partial charge in [0.05, 0.1) is 36.6 Å². The first-order chi connectivity index (χ1) is 20.2. The lowest BCUT2D eigenvalue weighted by Gasteiger charge is -2.60. The molecule has 6 rings (SSSR count). The number of piperazine rings is 1. The number of fused-ring (bicyclic) bond motifs is 5. The van der Waals surface area contributed by atoms with Crippen LogP contribution in [0.1, 0.15) is 47.0 Å². The highest BCUT2D eigenvalue weighted by Gasteiger charge is 2.57. The van der Waals surface area contributed by atoms with E-state index in [0.29, 0.717) is 32.7 Å². The normalized spacial score (nSPS) is 43.6. The Morgan fingerprint density at radius 1 is 1.19 bits per heavy atom. The fourth-order valence-corrected chi connectivity index (χ4v) is 8.49. The van der Waals surface area contributed by atoms with Crippen LogP contribution >= 0.6 is 0 Å². The van der Waals surface area contributed by atoms with E-state index >= 15 is 4.39 Å². The first-order valence-corrected chi connectivity index (χ1v) is 16.0. The summed E-state index contributed by atoms with van der Waals surface area (Å²) in [6.07, 6.45) is 1.40. The first-order valence-electron chi connectivity index (χ1n) is 16.0. The molecule has 13 heteroatoms. The molecule has 3 amide bonds. The molecule has 6 heterocycles. The summed E-state index contributed by atoms with van der Waals surface area (Å²) in [6, 6.07) is -0.883. The molecule has 0 saturated carbocycles. The number of rotatable bonds is 3. The average Bonchev–Trinajstić information content (AvgIpc) is 3.43. The number of nitrogens with one attached hydrogen (secondary N) is 5. The van der Waals surface area contributed by atoms with Gasteiger partial charge in [0.2, 0.25) is 5.91 Å². The van der Waals surface area contributed by atoms with Crippen LogP contribution in [0.15, 0.2) is 12.7 Å². The monoisotopic (exact) mass is 591 g/mol. The van der Waals surface area contributed by atoms with Crippen LogP contribution in [0.4, 0.5) is 9.18 Å². The Morgan fingerprint density at radius 2 is 2.00 bits per heavy atom. The molecule has 0 aromatic heterocycles. The van der Waals surface area contributed by atoms with Crippen LogP contribution in [-0.4, -0.2) is 132 Å². The number of hydrogen-bond donors (Lipinski definition) is 5. The Bertz CT molecular complexity index is 1020. The van der Waals surface area contributed by atoms with Gasteiger partial charge in [0, 0.05) is 56.8 Å². The summed E-state index contributed by atoms with van der Waals surface area (Å²) in [5.74, 6) is -0.00177. The molecule has 11 atom stereocenters. The molecule has 0 aromatic rings. The second kappa shape index (κ2) is 12.3. The van der Waals surface area contributed by atoms with E-state index in [4.69, 9.17) is 4.74 Å². The third-order valence-corrected chi connectivity index (χ3v) is 10.5. The van der Waals surface area contributed by atoms with Crippen LogP contribution in [-0.2, 0) is 9.53 Å². The maximum absolute atomic E-state index is 16.4. The van der Waals surface area contributed by atoms with Crippen LogP contribution in [0.5, 0.6) is 0 Å². The van der Waals surface area contributed by atoms with Crippen LogP contribution in [0.25, 0.3) is 0 Å². The molecular formula is C29H50FN9O3. The molecule has 42 heavy (non-hydrogen) atoms. The topological polar surface area (TPSA) is 116 Å². The number of amides is 3. The number of carbonyl (C=O) groups excluding carboxylic acids is 2. The van der Waals surface area contributed by atoms with Crippen molar-refractivity contribution >= 4 is 11.9 Å². The first kappa shape index (κ1) is 30.2. The lowest BCUT2D eigenvalue weighted by molar-refractivity contribution is -0.138. The maximum Gasteiger partial charge on any atom is 0.320 e. The fourth-order valence-electron chi connectivity index (χ4n) is 8.49. The zero-order valence-electron chi connectivity index (χ0n) is 25.5. The van der Waals surface area contributed by atoms with Crippen molar-refractivity contribution in [2.24, 2.45) is 11.8 Å². The van der Waals surface area contributed by atoms with Gasteiger partial charge in [0.1, 0.15) is 6.17 Å². The molecule has 6 aliphatic rings. The van der Waals surface area contributed by atoms with Crippen molar-refractivity contribution in [2.45, 2.75) is 108 Å². The van der Waals surface area contributed by atoms with E-state index < -0.39 is 12.2 Å². The summed E-state index contributed by atoms with van der Waals surface area (Å²) < 4.78 is 23.0. The highest BCUT2D eigenvalue weighted by atomic mass is 19.1. The lowest BCUT2D eigenvalue weighted by Crippen LogP contribution is -2.81. The van der Waals surface area contributed by atoms with Crippen LogP contribution in [0.2, 0.25) is 0 Å². The molecular weight excluding hydrogens is 541 g/mol. The SMILES string of the molecule is C=CC(=O)N1CC(C)N(C2NC(=O)N3C4NC(C(F)CC24)C2CNNN2CCCOC2CCNC(C(C)C)C23)CC1C. The van der Waals surface area contributed by atoms with Crippen molar-refractivity contribution in [3.8, 4) is 0 Å². The van der Waals surface area contributed by atoms with Gasteiger partial charge < -0.3 is 25.2 Å². The molecule has 6 aliphatic heterocycles. The molecule has 0 aliphatic carbocycles. The quantitative estimate of drug-likeness (QED) is 0.288. The minimum absolute atomic E-state index is 0.0152. The molecule has 2 bridgehead atoms. The van der Waals surface area contributed by atoms with E-state index in [0.717, 1.165) is 25.9 Å². The van der Waals surface area contributed by atoms with E-state index in [1.165, 1.54) is 6.08 Å². The summed E-state index contributed by atoms with van der Waals surface area (Å²) in [4.78, 5) is 33.0. The number of piperidine rings is 2. The van der Waals surface area contributed by atoms with Gasteiger partial charge in [-0.25, -0.2) is 19.6 Å². The van der Waals surface area contributed by atoms with E-state index in [1.54, 1.807) is 0 Å². The fraction of sp³-hybridized carbons (Fsp3) is 0.862. The Hall–Kier alpha value is -1.87. The lowest BCUT2D eigenvalue weighted by atomic mass is 9.79. The van der Waals surface area contributed by atoms with Gasteiger partial charge in [-0.3, -0.25) is 15.0 Å². The molecule has 0 radical (unpaired) electrons. The predicted molar refractivity (Wildman–Crippen MR) is 156 cm³/mol. The van der Waals surface area contributed by atoms with Gasteiger partial charge in [-0.1, -0.05) is 20.4 Å². The summed E-state index contributed by atoms with van der Waals surface area (Å²) in [7, 11) is 0. The maximum atomic E-state index is 16.4. The second-order valence-electron chi connectivity index (χ2n) is 13.5. The number of nitrogens with zero attached hydrogens (tertiary/aromatic N) is 4. The van der Waals surface area contributed by atoms with Crippen molar-refractivity contribution in [1.82, 2.24) is 46.6 Å². The molecule has 0 spiro atoms.